The van der Waals surface area contributed by atoms with E-state index in [1.165, 1.54) is 0 Å². The molecule has 0 radical (unpaired) electrons. The summed E-state index contributed by atoms with van der Waals surface area (Å²) in [6.07, 6.45) is 0.837. The number of nitrogens with zero attached hydrogens (tertiary/aromatic N) is 1. The minimum atomic E-state index is -0.317. The first-order valence-electron chi connectivity index (χ1n) is 5.82. The molecule has 2 N–H and O–H groups in total. The van der Waals surface area contributed by atoms with Crippen LogP contribution in [0.25, 0.3) is 0 Å². The van der Waals surface area contributed by atoms with Crippen LogP contribution >= 0.6 is 0 Å². The van der Waals surface area contributed by atoms with Crippen LogP contribution in [0.2, 0.25) is 0 Å². The largest absolute Gasteiger partial charge is 0.339 e. The van der Waals surface area contributed by atoms with Crippen molar-refractivity contribution >= 4 is 17.4 Å². The summed E-state index contributed by atoms with van der Waals surface area (Å²) in [7, 11) is 0. The lowest BCUT2D eigenvalue weighted by atomic mass is 10.1. The van der Waals surface area contributed by atoms with Gasteiger partial charge in [-0.05, 0) is 24.5 Å². The lowest BCUT2D eigenvalue weighted by Crippen LogP contribution is -2.26. The van der Waals surface area contributed by atoms with E-state index in [2.05, 4.69) is 29.7 Å². The van der Waals surface area contributed by atoms with E-state index in [0.29, 0.717) is 5.92 Å². The Bertz CT molecular complexity index is 385. The highest BCUT2D eigenvalue weighted by atomic mass is 16.2. The molecule has 0 atom stereocenters. The van der Waals surface area contributed by atoms with Crippen LogP contribution in [-0.4, -0.2) is 11.7 Å². The Morgan fingerprint density at radius 3 is 2.47 bits per heavy atom. The number of hydrogen-bond donors (Lipinski definition) is 2. The van der Waals surface area contributed by atoms with E-state index >= 15 is 0 Å². The molecule has 17 heavy (non-hydrogen) atoms. The average molecular weight is 233 g/mol. The average Bonchev–Trinajstić information content (AvgIpc) is 2.30. The highest BCUT2D eigenvalue weighted by Crippen LogP contribution is 2.04. The van der Waals surface area contributed by atoms with Gasteiger partial charge in [0.15, 0.2) is 0 Å². The number of amides is 2. The summed E-state index contributed by atoms with van der Waals surface area (Å²) in [4.78, 5) is 11.5. The first kappa shape index (κ1) is 13.2. The molecule has 1 rings (SSSR count). The number of rotatable bonds is 4. The zero-order valence-electron chi connectivity index (χ0n) is 10.5. The van der Waals surface area contributed by atoms with Gasteiger partial charge in [-0.3, -0.25) is 0 Å². The minimum Gasteiger partial charge on any atom is -0.307 e. The van der Waals surface area contributed by atoms with Crippen molar-refractivity contribution in [2.75, 3.05) is 5.32 Å². The summed E-state index contributed by atoms with van der Waals surface area (Å²) < 4.78 is 0. The third-order valence-electron chi connectivity index (χ3n) is 2.36. The van der Waals surface area contributed by atoms with E-state index < -0.39 is 0 Å². The lowest BCUT2D eigenvalue weighted by Gasteiger charge is -2.08. The number of benzene rings is 1. The van der Waals surface area contributed by atoms with E-state index in [9.17, 15) is 4.79 Å². The molecule has 0 fully saturated rings. The zero-order chi connectivity index (χ0) is 12.7. The van der Waals surface area contributed by atoms with Gasteiger partial charge in [0.25, 0.3) is 0 Å². The summed E-state index contributed by atoms with van der Waals surface area (Å²) in [5, 5.41) is 6.80. The fraction of sp³-hybridized carbons (Fsp3) is 0.385. The van der Waals surface area contributed by atoms with Crippen molar-refractivity contribution in [1.29, 1.82) is 0 Å². The number of carbonyl (C=O) groups is 1. The predicted molar refractivity (Wildman–Crippen MR) is 71.2 cm³/mol. The number of anilines is 1. The van der Waals surface area contributed by atoms with Crippen LogP contribution in [0, 0.1) is 5.92 Å². The van der Waals surface area contributed by atoms with Gasteiger partial charge in [0, 0.05) is 11.4 Å². The van der Waals surface area contributed by atoms with Gasteiger partial charge in [-0.2, -0.15) is 5.10 Å². The summed E-state index contributed by atoms with van der Waals surface area (Å²) >= 11 is 0. The second-order valence-electron chi connectivity index (χ2n) is 4.04. The topological polar surface area (TPSA) is 53.5 Å². The van der Waals surface area contributed by atoms with Crippen molar-refractivity contribution in [3.05, 3.63) is 30.3 Å². The molecule has 2 amide bonds. The number of carbonyl (C=O) groups excluding carboxylic acids is 1. The molecular weight excluding hydrogens is 214 g/mol. The van der Waals surface area contributed by atoms with E-state index in [4.69, 9.17) is 0 Å². The first-order valence-corrected chi connectivity index (χ1v) is 5.82. The highest BCUT2D eigenvalue weighted by Gasteiger charge is 2.04. The molecule has 0 aromatic heterocycles. The van der Waals surface area contributed by atoms with Gasteiger partial charge >= 0.3 is 6.03 Å². The van der Waals surface area contributed by atoms with Crippen molar-refractivity contribution in [2.24, 2.45) is 11.0 Å². The molecule has 0 aliphatic carbocycles. The molecule has 0 aliphatic heterocycles. The van der Waals surface area contributed by atoms with Crippen molar-refractivity contribution in [2.45, 2.75) is 27.2 Å². The van der Waals surface area contributed by atoms with Gasteiger partial charge in [0.2, 0.25) is 0 Å². The summed E-state index contributed by atoms with van der Waals surface area (Å²) in [6, 6.07) is 8.96. The standard InChI is InChI=1S/C13H19N3O/c1-4-12(10(2)3)15-16-13(17)14-11-8-6-5-7-9-11/h5-10H,4H2,1-3H3,(H2,14,16,17)/b15-12-. The highest BCUT2D eigenvalue weighted by molar-refractivity contribution is 5.91. The molecule has 1 aromatic carbocycles. The molecule has 1 aromatic rings. The van der Waals surface area contributed by atoms with Crippen molar-refractivity contribution in [1.82, 2.24) is 5.43 Å². The normalized spacial score (nSPS) is 11.4. The molecule has 0 aliphatic rings. The fourth-order valence-corrected chi connectivity index (χ4v) is 1.42. The van der Waals surface area contributed by atoms with Gasteiger partial charge in [0.1, 0.15) is 0 Å². The molecule has 0 saturated carbocycles. The Morgan fingerprint density at radius 1 is 1.29 bits per heavy atom. The van der Waals surface area contributed by atoms with Crippen LogP contribution in [0.15, 0.2) is 35.4 Å². The minimum absolute atomic E-state index is 0.317. The Hall–Kier alpha value is -1.84. The number of nitrogens with one attached hydrogen (secondary N) is 2. The van der Waals surface area contributed by atoms with Crippen LogP contribution in [0.3, 0.4) is 0 Å². The quantitative estimate of drug-likeness (QED) is 0.609. The van der Waals surface area contributed by atoms with Crippen LogP contribution in [-0.2, 0) is 0 Å². The predicted octanol–water partition coefficient (Wildman–Crippen LogP) is 3.23. The third-order valence-corrected chi connectivity index (χ3v) is 2.36. The Morgan fingerprint density at radius 2 is 1.94 bits per heavy atom. The first-order chi connectivity index (χ1) is 8.13. The molecule has 4 heteroatoms. The SMILES string of the molecule is CC/C(=N/NC(=O)Nc1ccccc1)C(C)C. The van der Waals surface area contributed by atoms with Crippen molar-refractivity contribution in [3.63, 3.8) is 0 Å². The summed E-state index contributed by atoms with van der Waals surface area (Å²) in [6.45, 7) is 6.13. The molecule has 0 unspecified atom stereocenters. The maximum Gasteiger partial charge on any atom is 0.339 e. The van der Waals surface area contributed by atoms with E-state index in [0.717, 1.165) is 17.8 Å². The monoisotopic (exact) mass is 233 g/mol. The second kappa shape index (κ2) is 6.68. The lowest BCUT2D eigenvalue weighted by molar-refractivity contribution is 0.252. The number of para-hydroxylation sites is 1. The molecule has 4 nitrogen and oxygen atoms in total. The van der Waals surface area contributed by atoms with Crippen molar-refractivity contribution < 1.29 is 4.79 Å². The van der Waals surface area contributed by atoms with E-state index in [1.54, 1.807) is 0 Å². The molecule has 0 spiro atoms. The van der Waals surface area contributed by atoms with Crippen LogP contribution in [0.5, 0.6) is 0 Å². The second-order valence-corrected chi connectivity index (χ2v) is 4.04. The van der Waals surface area contributed by atoms with Crippen molar-refractivity contribution in [3.8, 4) is 0 Å². The van der Waals surface area contributed by atoms with Crippen LogP contribution in [0.4, 0.5) is 10.5 Å². The maximum absolute atomic E-state index is 11.5. The Kier molecular flexibility index (Phi) is 5.20. The number of hydrogen-bond acceptors (Lipinski definition) is 2. The Balaban J connectivity index is 2.50. The summed E-state index contributed by atoms with van der Waals surface area (Å²) in [5.74, 6) is 0.344. The summed E-state index contributed by atoms with van der Waals surface area (Å²) in [5.41, 5.74) is 4.23. The van der Waals surface area contributed by atoms with E-state index in [1.807, 2.05) is 37.3 Å². The molecule has 0 saturated heterocycles. The Labute approximate surface area is 102 Å². The zero-order valence-corrected chi connectivity index (χ0v) is 10.5. The molecule has 92 valence electrons. The van der Waals surface area contributed by atoms with Gasteiger partial charge in [0.05, 0.1) is 0 Å². The molecule has 0 heterocycles. The van der Waals surface area contributed by atoms with E-state index in [-0.39, 0.29) is 6.03 Å². The molecular formula is C13H19N3O. The van der Waals surface area contributed by atoms with Gasteiger partial charge in [-0.1, -0.05) is 39.0 Å². The van der Waals surface area contributed by atoms with Gasteiger partial charge in [-0.25, -0.2) is 10.2 Å². The van der Waals surface area contributed by atoms with Gasteiger partial charge in [-0.15, -0.1) is 0 Å². The maximum atomic E-state index is 11.5. The van der Waals surface area contributed by atoms with Crippen LogP contribution in [0.1, 0.15) is 27.2 Å². The van der Waals surface area contributed by atoms with Crippen LogP contribution < -0.4 is 10.7 Å². The van der Waals surface area contributed by atoms with Gasteiger partial charge < -0.3 is 5.32 Å². The number of urea groups is 1. The third kappa shape index (κ3) is 4.68. The smallest absolute Gasteiger partial charge is 0.307 e. The number of hydrazone groups is 1. The fourth-order valence-electron chi connectivity index (χ4n) is 1.42. The molecule has 0 bridgehead atoms.